The number of carbonyl (C=O) groups excluding carboxylic acids is 6. The largest absolute Gasteiger partial charge is 0.481 e. The van der Waals surface area contributed by atoms with Gasteiger partial charge in [-0.1, -0.05) is 60.7 Å². The summed E-state index contributed by atoms with van der Waals surface area (Å²) in [7, 11) is 3.28. The van der Waals surface area contributed by atoms with E-state index in [1.54, 1.807) is 14.2 Å². The van der Waals surface area contributed by atoms with E-state index in [-0.39, 0.29) is 18.1 Å². The molecule has 0 spiro atoms. The highest BCUT2D eigenvalue weighted by Crippen LogP contribution is 2.35. The minimum Gasteiger partial charge on any atom is -0.481 e. The number of benzene rings is 2. The third-order valence-electron chi connectivity index (χ3n) is 7.95. The quantitative estimate of drug-likeness (QED) is 0.133. The molecule has 16 nitrogen and oxygen atoms in total. The van der Waals surface area contributed by atoms with Crippen LogP contribution in [0.3, 0.4) is 0 Å². The second kappa shape index (κ2) is 34.6. The molecule has 0 amide bonds. The molecule has 2 bridgehead atoms. The fourth-order valence-electron chi connectivity index (χ4n) is 5.33. The second-order valence-electron chi connectivity index (χ2n) is 12.2. The summed E-state index contributed by atoms with van der Waals surface area (Å²) in [5, 5.41) is 16.0. The molecular weight excluding hydrogens is 732 g/mol. The monoisotopic (exact) mass is 790 g/mol. The Kier molecular flexibility index (Phi) is 32.9. The van der Waals surface area contributed by atoms with Crippen molar-refractivity contribution in [1.82, 2.24) is 4.90 Å². The Labute approximate surface area is 328 Å². The third kappa shape index (κ3) is 26.9. The summed E-state index contributed by atoms with van der Waals surface area (Å²) in [6, 6.07) is 21.6. The lowest BCUT2D eigenvalue weighted by atomic mass is 10.0. The van der Waals surface area contributed by atoms with Gasteiger partial charge >= 0.3 is 11.9 Å². The van der Waals surface area contributed by atoms with E-state index in [2.05, 4.69) is 35.2 Å². The van der Waals surface area contributed by atoms with Crippen LogP contribution in [-0.4, -0.2) is 108 Å². The highest BCUT2D eigenvalue weighted by atomic mass is 16.8. The van der Waals surface area contributed by atoms with Crippen molar-refractivity contribution in [3.05, 3.63) is 71.8 Å². The first kappa shape index (κ1) is 53.3. The molecule has 3 aliphatic heterocycles. The average Bonchev–Trinajstić information content (AvgIpc) is 3.75. The standard InChI is InChI=1S/C14H17NO.C7H9N.C6H12O3.C5H6O5.2C4H6O2.H2O/c16-14-8-12-6-7-13(9-14)15(12)10-11-4-2-1-3-5-11;8-6-7-4-2-1-3-5-7;1-7-5-3-4-6(8-2)9-5;6-3(1-4(7)8)2-5(9)10;2*5-3-1-2-4-6;/h1-5,12-13H,6-10H2;1-5H,6,8H2;5-6H,3-4H2,1-2H3;1-2H2,(H,7,8)(H,9,10);2*3-4H,1-2H2;1H2. The molecule has 5 rings (SSSR count). The summed E-state index contributed by atoms with van der Waals surface area (Å²) in [5.74, 6) is -2.92. The van der Waals surface area contributed by atoms with Gasteiger partial charge in [-0.2, -0.15) is 0 Å². The molecule has 2 aromatic carbocycles. The number of rotatable bonds is 15. The predicted molar refractivity (Wildman–Crippen MR) is 205 cm³/mol. The Bertz CT molecular complexity index is 1320. The van der Waals surface area contributed by atoms with Gasteiger partial charge in [0.25, 0.3) is 0 Å². The number of Topliss-reactive ketones (excluding diaryl/α,β-unsaturated/α-hetero) is 2. The zero-order valence-electron chi connectivity index (χ0n) is 32.2. The van der Waals surface area contributed by atoms with Crippen LogP contribution in [0.25, 0.3) is 0 Å². The molecule has 312 valence electrons. The molecule has 0 aliphatic carbocycles. The molecule has 3 heterocycles. The Balaban J connectivity index is 0. The normalized spacial score (nSPS) is 18.6. The first-order valence-corrected chi connectivity index (χ1v) is 17.9. The number of unbranched alkanes of at least 4 members (excludes halogenated alkanes) is 2. The molecular formula is C40H58N2O14. The van der Waals surface area contributed by atoms with Crippen molar-refractivity contribution < 1.29 is 68.3 Å². The minimum atomic E-state index is -1.30. The van der Waals surface area contributed by atoms with Crippen molar-refractivity contribution in [3.8, 4) is 0 Å². The number of carboxylic acids is 2. The molecule has 3 saturated heterocycles. The molecule has 0 aromatic heterocycles. The van der Waals surface area contributed by atoms with Gasteiger partial charge in [0.15, 0.2) is 18.4 Å². The number of carboxylic acid groups (broad SMARTS) is 2. The van der Waals surface area contributed by atoms with Crippen LogP contribution in [0.5, 0.6) is 0 Å². The first-order valence-electron chi connectivity index (χ1n) is 17.9. The lowest BCUT2D eigenvalue weighted by Gasteiger charge is -2.33. The molecule has 0 saturated carbocycles. The van der Waals surface area contributed by atoms with Crippen LogP contribution in [-0.2, 0) is 65.7 Å². The van der Waals surface area contributed by atoms with Gasteiger partial charge in [-0.25, -0.2) is 0 Å². The number of aliphatic carboxylic acids is 2. The first-order chi connectivity index (χ1) is 26.5. The highest BCUT2D eigenvalue weighted by Gasteiger charge is 2.39. The summed E-state index contributed by atoms with van der Waals surface area (Å²) in [6.07, 6.45) is 8.72. The van der Waals surface area contributed by atoms with E-state index in [0.717, 1.165) is 57.4 Å². The van der Waals surface area contributed by atoms with Gasteiger partial charge in [-0.05, 0) is 24.0 Å². The molecule has 6 N–H and O–H groups in total. The molecule has 0 radical (unpaired) electrons. The van der Waals surface area contributed by atoms with Gasteiger partial charge < -0.3 is 54.8 Å². The van der Waals surface area contributed by atoms with Gasteiger partial charge in [-0.15, -0.1) is 0 Å². The number of hydrogen-bond donors (Lipinski definition) is 3. The Morgan fingerprint density at radius 2 is 1.07 bits per heavy atom. The van der Waals surface area contributed by atoms with E-state index in [1.165, 1.54) is 24.0 Å². The average molecular weight is 791 g/mol. The van der Waals surface area contributed by atoms with Crippen LogP contribution in [0.1, 0.15) is 88.2 Å². The van der Waals surface area contributed by atoms with Crippen LogP contribution in [0.2, 0.25) is 0 Å². The van der Waals surface area contributed by atoms with E-state index < -0.39 is 30.6 Å². The van der Waals surface area contributed by atoms with E-state index in [4.69, 9.17) is 30.2 Å². The fraction of sp³-hybridized carbons (Fsp3) is 0.500. The smallest absolute Gasteiger partial charge is 0.310 e. The van der Waals surface area contributed by atoms with Gasteiger partial charge in [0.2, 0.25) is 0 Å². The molecule has 4 unspecified atom stereocenters. The van der Waals surface area contributed by atoms with Crippen LogP contribution in [0.4, 0.5) is 0 Å². The van der Waals surface area contributed by atoms with Crippen LogP contribution in [0.15, 0.2) is 60.7 Å². The summed E-state index contributed by atoms with van der Waals surface area (Å²) >= 11 is 0. The summed E-state index contributed by atoms with van der Waals surface area (Å²) < 4.78 is 15.1. The van der Waals surface area contributed by atoms with Gasteiger partial charge in [0, 0.05) is 90.8 Å². The number of hydrogen-bond acceptors (Lipinski definition) is 13. The lowest BCUT2D eigenvalue weighted by Crippen LogP contribution is -2.42. The van der Waals surface area contributed by atoms with E-state index in [0.29, 0.717) is 50.1 Å². The van der Waals surface area contributed by atoms with E-state index in [1.807, 2.05) is 30.3 Å². The minimum absolute atomic E-state index is 0. The van der Waals surface area contributed by atoms with Crippen molar-refractivity contribution in [1.29, 1.82) is 0 Å². The SMILES string of the molecule is COC1CCC(OC)O1.NCc1ccccc1.O.O=C(O)CC(=O)CC(=O)O.O=C1CC2CCC(C1)N2Cc1ccccc1.O=CCCC=O.O=CCCC=O. The maximum Gasteiger partial charge on any atom is 0.310 e. The summed E-state index contributed by atoms with van der Waals surface area (Å²) in [5.41, 5.74) is 7.91. The summed E-state index contributed by atoms with van der Waals surface area (Å²) in [6.45, 7) is 1.66. The molecule has 4 atom stereocenters. The Morgan fingerprint density at radius 3 is 1.36 bits per heavy atom. The molecule has 16 heteroatoms. The van der Waals surface area contributed by atoms with Gasteiger partial charge in [0.1, 0.15) is 43.8 Å². The lowest BCUT2D eigenvalue weighted by molar-refractivity contribution is -0.185. The third-order valence-corrected chi connectivity index (χ3v) is 7.95. The van der Waals surface area contributed by atoms with Crippen molar-refractivity contribution in [2.24, 2.45) is 5.73 Å². The number of nitrogens with two attached hydrogens (primary N) is 1. The van der Waals surface area contributed by atoms with Crippen LogP contribution in [0, 0.1) is 0 Å². The zero-order chi connectivity index (χ0) is 41.3. The Morgan fingerprint density at radius 1 is 0.696 bits per heavy atom. The molecule has 2 aromatic rings. The number of aldehydes is 4. The molecule has 3 fully saturated rings. The number of piperidine rings is 1. The topological polar surface area (TPSA) is 265 Å². The Hall–Kier alpha value is -4.84. The maximum atomic E-state index is 11.5. The number of fused-ring (bicyclic) bond motifs is 2. The number of ketones is 2. The van der Waals surface area contributed by atoms with Crippen molar-refractivity contribution in [2.75, 3.05) is 14.2 Å². The van der Waals surface area contributed by atoms with Gasteiger partial charge in [0.05, 0.1) is 0 Å². The van der Waals surface area contributed by atoms with Crippen molar-refractivity contribution >= 4 is 48.6 Å². The zero-order valence-corrected chi connectivity index (χ0v) is 32.2. The van der Waals surface area contributed by atoms with Crippen LogP contribution < -0.4 is 5.73 Å². The van der Waals surface area contributed by atoms with Crippen molar-refractivity contribution in [2.45, 2.75) is 115 Å². The van der Waals surface area contributed by atoms with E-state index >= 15 is 0 Å². The number of carbonyl (C=O) groups is 8. The van der Waals surface area contributed by atoms with Crippen LogP contribution >= 0.6 is 0 Å². The van der Waals surface area contributed by atoms with Crippen molar-refractivity contribution in [3.63, 3.8) is 0 Å². The predicted octanol–water partition coefficient (Wildman–Crippen LogP) is 3.28. The highest BCUT2D eigenvalue weighted by molar-refractivity contribution is 6.02. The second-order valence-corrected chi connectivity index (χ2v) is 12.2. The van der Waals surface area contributed by atoms with E-state index in [9.17, 15) is 38.4 Å². The number of methoxy groups -OCH3 is 2. The fourth-order valence-corrected chi connectivity index (χ4v) is 5.33. The number of ether oxygens (including phenoxy) is 3. The molecule has 3 aliphatic rings. The maximum absolute atomic E-state index is 11.5. The molecule has 56 heavy (non-hydrogen) atoms. The van der Waals surface area contributed by atoms with Gasteiger partial charge in [-0.3, -0.25) is 24.1 Å². The summed E-state index contributed by atoms with van der Waals surface area (Å²) in [4.78, 5) is 81.5. The number of nitrogens with zero attached hydrogens (tertiary/aromatic N) is 1.